The van der Waals surface area contributed by atoms with E-state index in [1.54, 1.807) is 7.05 Å². The maximum atomic E-state index is 11.0. The molecule has 0 unspecified atom stereocenters. The normalized spacial score (nSPS) is 10.2. The van der Waals surface area contributed by atoms with Gasteiger partial charge in [-0.1, -0.05) is 0 Å². The minimum Gasteiger partial charge on any atom is -0.486 e. The Hall–Kier alpha value is -2.97. The number of carboxylic acid groups (broad SMARTS) is 1. The second-order valence-corrected chi connectivity index (χ2v) is 3.83. The van der Waals surface area contributed by atoms with E-state index in [1.165, 1.54) is 17.1 Å². The topological polar surface area (TPSA) is 120 Å². The van der Waals surface area contributed by atoms with Crippen molar-refractivity contribution in [3.63, 3.8) is 0 Å². The predicted molar refractivity (Wildman–Crippen MR) is 65.4 cm³/mol. The Kier molecular flexibility index (Phi) is 3.60. The Morgan fingerprint density at radius 3 is 2.85 bits per heavy atom. The summed E-state index contributed by atoms with van der Waals surface area (Å²) in [5.74, 6) is -0.642. The molecule has 0 fully saturated rings. The van der Waals surface area contributed by atoms with Gasteiger partial charge in [0, 0.05) is 19.2 Å². The van der Waals surface area contributed by atoms with Crippen molar-refractivity contribution in [2.24, 2.45) is 7.05 Å². The highest BCUT2D eigenvalue weighted by Crippen LogP contribution is 2.24. The van der Waals surface area contributed by atoms with E-state index in [-0.39, 0.29) is 12.4 Å². The number of benzene rings is 1. The second-order valence-electron chi connectivity index (χ2n) is 3.83. The summed E-state index contributed by atoms with van der Waals surface area (Å²) in [6, 6.07) is 3.53. The number of hydrogen-bond donors (Lipinski definition) is 1. The number of aromatic nitrogens is 3. The van der Waals surface area contributed by atoms with Gasteiger partial charge < -0.3 is 9.84 Å². The van der Waals surface area contributed by atoms with E-state index in [0.29, 0.717) is 5.82 Å². The lowest BCUT2D eigenvalue weighted by atomic mass is 10.1. The number of rotatable bonds is 5. The number of aromatic carboxylic acids is 1. The fraction of sp³-hybridized carbons (Fsp3) is 0.182. The van der Waals surface area contributed by atoms with E-state index in [4.69, 9.17) is 9.84 Å². The van der Waals surface area contributed by atoms with Crippen LogP contribution in [0.1, 0.15) is 16.2 Å². The zero-order valence-electron chi connectivity index (χ0n) is 10.4. The molecule has 0 radical (unpaired) electrons. The molecule has 0 amide bonds. The number of hydrogen-bond acceptors (Lipinski definition) is 6. The van der Waals surface area contributed by atoms with Crippen LogP contribution in [0.5, 0.6) is 5.75 Å². The average Bonchev–Trinajstić information content (AvgIpc) is 2.81. The number of aryl methyl sites for hydroxylation is 1. The van der Waals surface area contributed by atoms with Gasteiger partial charge in [-0.15, -0.1) is 0 Å². The highest BCUT2D eigenvalue weighted by Gasteiger charge is 2.20. The lowest BCUT2D eigenvalue weighted by Crippen LogP contribution is -2.06. The summed E-state index contributed by atoms with van der Waals surface area (Å²) in [5.41, 5.74) is -0.908. The molecular formula is C11H10N4O5. The first-order valence-corrected chi connectivity index (χ1v) is 5.46. The highest BCUT2D eigenvalue weighted by atomic mass is 16.6. The van der Waals surface area contributed by atoms with Gasteiger partial charge in [-0.05, 0) is 6.07 Å². The number of carboxylic acids is 1. The third-order valence-corrected chi connectivity index (χ3v) is 2.57. The molecule has 0 aliphatic heterocycles. The van der Waals surface area contributed by atoms with Crippen LogP contribution in [0.2, 0.25) is 0 Å². The van der Waals surface area contributed by atoms with Crippen molar-refractivity contribution in [3.8, 4) is 5.75 Å². The summed E-state index contributed by atoms with van der Waals surface area (Å²) >= 11 is 0. The zero-order chi connectivity index (χ0) is 14.7. The number of carbonyl (C=O) groups is 1. The van der Waals surface area contributed by atoms with Gasteiger partial charge in [-0.25, -0.2) is 9.78 Å². The number of ether oxygens (including phenoxy) is 1. The smallest absolute Gasteiger partial charge is 0.342 e. The molecule has 20 heavy (non-hydrogen) atoms. The minimum atomic E-state index is -1.39. The van der Waals surface area contributed by atoms with Crippen LogP contribution in [0.3, 0.4) is 0 Å². The summed E-state index contributed by atoms with van der Waals surface area (Å²) in [7, 11) is 1.68. The van der Waals surface area contributed by atoms with E-state index in [9.17, 15) is 14.9 Å². The molecule has 0 saturated heterocycles. The van der Waals surface area contributed by atoms with Crippen LogP contribution in [0.25, 0.3) is 0 Å². The Balaban J connectivity index is 2.21. The Morgan fingerprint density at radius 2 is 2.30 bits per heavy atom. The van der Waals surface area contributed by atoms with Gasteiger partial charge in [0.25, 0.3) is 5.69 Å². The summed E-state index contributed by atoms with van der Waals surface area (Å²) in [6.45, 7) is 0.0768. The first-order valence-electron chi connectivity index (χ1n) is 5.46. The van der Waals surface area contributed by atoms with Crippen molar-refractivity contribution < 1.29 is 19.6 Å². The molecule has 0 atom stereocenters. The molecule has 1 N–H and O–H groups in total. The molecule has 0 bridgehead atoms. The predicted octanol–water partition coefficient (Wildman–Crippen LogP) is 1.00. The first-order chi connectivity index (χ1) is 9.49. The number of nitro groups is 1. The van der Waals surface area contributed by atoms with Crippen LogP contribution in [0.4, 0.5) is 5.69 Å². The molecule has 1 aromatic carbocycles. The van der Waals surface area contributed by atoms with Crippen molar-refractivity contribution in [3.05, 3.63) is 46.0 Å². The van der Waals surface area contributed by atoms with Gasteiger partial charge in [0.1, 0.15) is 24.2 Å². The molecule has 2 rings (SSSR count). The van der Waals surface area contributed by atoms with Gasteiger partial charge in [0.2, 0.25) is 0 Å². The zero-order valence-corrected chi connectivity index (χ0v) is 10.4. The lowest BCUT2D eigenvalue weighted by molar-refractivity contribution is -0.385. The van der Waals surface area contributed by atoms with Crippen LogP contribution < -0.4 is 4.74 Å². The van der Waals surface area contributed by atoms with Crippen LogP contribution in [-0.2, 0) is 13.7 Å². The Morgan fingerprint density at radius 1 is 1.55 bits per heavy atom. The number of nitro benzene ring substituents is 1. The summed E-state index contributed by atoms with van der Waals surface area (Å²) in [6.07, 6.45) is 1.36. The summed E-state index contributed by atoms with van der Waals surface area (Å²) < 4.78 is 6.85. The fourth-order valence-corrected chi connectivity index (χ4v) is 1.53. The van der Waals surface area contributed by atoms with Crippen LogP contribution in [-0.4, -0.2) is 30.8 Å². The van der Waals surface area contributed by atoms with E-state index in [2.05, 4.69) is 10.1 Å². The third-order valence-electron chi connectivity index (χ3n) is 2.57. The molecule has 1 aromatic heterocycles. The molecule has 2 aromatic rings. The van der Waals surface area contributed by atoms with Crippen molar-refractivity contribution in [2.75, 3.05) is 0 Å². The van der Waals surface area contributed by atoms with Gasteiger partial charge in [-0.3, -0.25) is 14.8 Å². The maximum Gasteiger partial charge on any atom is 0.342 e. The lowest BCUT2D eigenvalue weighted by Gasteiger charge is -2.06. The summed E-state index contributed by atoms with van der Waals surface area (Å²) in [5, 5.41) is 23.5. The standard InChI is InChI=1S/C11H10N4O5/c1-14-10(12-6-13-14)5-20-7-2-3-9(15(18)19)8(4-7)11(16)17/h2-4,6H,5H2,1H3,(H,16,17). The molecule has 0 aliphatic carbocycles. The third kappa shape index (κ3) is 2.71. The first kappa shape index (κ1) is 13.5. The van der Waals surface area contributed by atoms with Crippen LogP contribution >= 0.6 is 0 Å². The highest BCUT2D eigenvalue weighted by molar-refractivity contribution is 5.92. The number of nitrogens with zero attached hydrogens (tertiary/aromatic N) is 4. The Bertz CT molecular complexity index is 667. The monoisotopic (exact) mass is 278 g/mol. The van der Waals surface area contributed by atoms with Crippen LogP contribution in [0, 0.1) is 10.1 Å². The van der Waals surface area contributed by atoms with Crippen molar-refractivity contribution in [1.82, 2.24) is 14.8 Å². The van der Waals surface area contributed by atoms with E-state index in [1.807, 2.05) is 0 Å². The second kappa shape index (κ2) is 5.34. The molecule has 9 nitrogen and oxygen atoms in total. The molecule has 0 spiro atoms. The molecular weight excluding hydrogens is 268 g/mol. The molecule has 1 heterocycles. The molecule has 0 saturated carbocycles. The van der Waals surface area contributed by atoms with Crippen molar-refractivity contribution >= 4 is 11.7 Å². The summed E-state index contributed by atoms with van der Waals surface area (Å²) in [4.78, 5) is 24.9. The Labute approximate surface area is 112 Å². The largest absolute Gasteiger partial charge is 0.486 e. The van der Waals surface area contributed by atoms with E-state index >= 15 is 0 Å². The minimum absolute atomic E-state index is 0.0768. The molecule has 9 heteroatoms. The van der Waals surface area contributed by atoms with E-state index in [0.717, 1.165) is 12.1 Å². The van der Waals surface area contributed by atoms with Crippen LogP contribution in [0.15, 0.2) is 24.5 Å². The van der Waals surface area contributed by atoms with E-state index < -0.39 is 22.1 Å². The SMILES string of the molecule is Cn1ncnc1COc1ccc([N+](=O)[O-])c(C(=O)O)c1. The van der Waals surface area contributed by atoms with Gasteiger partial charge in [0.15, 0.2) is 5.82 Å². The fourth-order valence-electron chi connectivity index (χ4n) is 1.53. The van der Waals surface area contributed by atoms with Gasteiger partial charge in [-0.2, -0.15) is 5.10 Å². The molecule has 104 valence electrons. The molecule has 0 aliphatic rings. The van der Waals surface area contributed by atoms with Crippen molar-refractivity contribution in [1.29, 1.82) is 0 Å². The average molecular weight is 278 g/mol. The quantitative estimate of drug-likeness (QED) is 0.639. The maximum absolute atomic E-state index is 11.0. The van der Waals surface area contributed by atoms with Gasteiger partial charge >= 0.3 is 5.97 Å². The van der Waals surface area contributed by atoms with Crippen molar-refractivity contribution in [2.45, 2.75) is 6.61 Å². The van der Waals surface area contributed by atoms with Gasteiger partial charge in [0.05, 0.1) is 4.92 Å².